The van der Waals surface area contributed by atoms with Crippen LogP contribution < -0.4 is 24.0 Å². The molecule has 0 saturated carbocycles. The van der Waals surface area contributed by atoms with Gasteiger partial charge in [-0.2, -0.15) is 17.5 Å². The number of carbonyl (C=O) groups excluding carboxylic acids is 1. The Kier molecular flexibility index (Phi) is 6.88. The van der Waals surface area contributed by atoms with Gasteiger partial charge in [-0.05, 0) is 0 Å². The first-order chi connectivity index (χ1) is 5.88. The monoisotopic (exact) mass is 330 g/mol. The van der Waals surface area contributed by atoms with E-state index in [4.69, 9.17) is 4.79 Å². The summed E-state index contributed by atoms with van der Waals surface area (Å²) in [5.74, 6) is 0. The van der Waals surface area contributed by atoms with E-state index in [9.17, 15) is 0 Å². The van der Waals surface area contributed by atoms with Gasteiger partial charge in [0, 0.05) is 0 Å². The van der Waals surface area contributed by atoms with Gasteiger partial charge < -0.3 is 0 Å². The first kappa shape index (κ1) is 12.6. The quantitative estimate of drug-likeness (QED) is 0.331. The van der Waals surface area contributed by atoms with Crippen LogP contribution in [0.4, 0.5) is 0 Å². The second-order valence-corrected chi connectivity index (χ2v) is 2.42. The first-order valence-corrected chi connectivity index (χ1v) is 3.93. The summed E-state index contributed by atoms with van der Waals surface area (Å²) in [5, 5.41) is 2.66. The molecule has 0 amide bonds. The summed E-state index contributed by atoms with van der Waals surface area (Å²) in [6.07, 6.45) is 0. The number of rotatable bonds is 0. The molecule has 3 heteroatoms. The predicted molar refractivity (Wildman–Crippen MR) is 48.0 cm³/mol. The van der Waals surface area contributed by atoms with Crippen LogP contribution in [0.2, 0.25) is 0 Å². The minimum absolute atomic E-state index is 0. The Morgan fingerprint density at radius 3 is 2.46 bits per heavy atom. The van der Waals surface area contributed by atoms with E-state index < -0.39 is 0 Å². The second kappa shape index (κ2) is 7.08. The average molecular weight is 331 g/mol. The summed E-state index contributed by atoms with van der Waals surface area (Å²) in [5.41, 5.74) is 0. The van der Waals surface area contributed by atoms with Crippen LogP contribution in [-0.2, 0) is 19.8 Å². The molecule has 0 fully saturated rings. The second-order valence-electron chi connectivity index (χ2n) is 2.22. The van der Waals surface area contributed by atoms with Gasteiger partial charge in [0.05, 0.1) is 0 Å². The van der Waals surface area contributed by atoms with Gasteiger partial charge in [0.15, 0.2) is 0 Å². The molecular weight excluding hydrogens is 322 g/mol. The summed E-state index contributed by atoms with van der Waals surface area (Å²) >= 11 is 3.36. The molecule has 0 heterocycles. The van der Waals surface area contributed by atoms with Crippen molar-refractivity contribution in [2.75, 3.05) is 0 Å². The molecule has 0 aliphatic rings. The van der Waals surface area contributed by atoms with Crippen LogP contribution in [0.5, 0.6) is 0 Å². The molecule has 0 radical (unpaired) electrons. The molecule has 0 atom stereocenters. The minimum atomic E-state index is 0. The normalized spacial score (nSPS) is 7.85. The zero-order valence-corrected chi connectivity index (χ0v) is 10.3. The largest absolute Gasteiger partial charge is 0.235 e. The van der Waals surface area contributed by atoms with Gasteiger partial charge in [0.25, 0.3) is 0 Å². The van der Waals surface area contributed by atoms with Crippen LogP contribution in [0.15, 0.2) is 42.5 Å². The minimum Gasteiger partial charge on any atom is -0.168 e. The fraction of sp³-hybridized carbons (Fsp3) is 0. The van der Waals surface area contributed by atoms with E-state index in [1.54, 1.807) is 0 Å². The van der Waals surface area contributed by atoms with Crippen molar-refractivity contribution in [2.24, 2.45) is 0 Å². The molecule has 0 spiro atoms. The van der Waals surface area contributed by atoms with E-state index in [1.807, 2.05) is 0 Å². The molecule has 2 rings (SSSR count). The van der Waals surface area contributed by atoms with Crippen LogP contribution >= 0.6 is 0 Å². The van der Waals surface area contributed by atoms with E-state index in [1.165, 1.54) is 10.8 Å². The van der Waals surface area contributed by atoms with Gasteiger partial charge in [-0.15, -0.1) is 29.7 Å². The Morgan fingerprint density at radius 2 is 1.85 bits per heavy atom. The van der Waals surface area contributed by atoms with E-state index in [-0.39, 0.29) is 24.0 Å². The number of hydrogen-bond acceptors (Lipinski definition) is 1. The zero-order valence-electron chi connectivity index (χ0n) is 6.71. The van der Waals surface area contributed by atoms with Crippen LogP contribution in [0.25, 0.3) is 10.8 Å². The van der Waals surface area contributed by atoms with Crippen molar-refractivity contribution in [1.82, 2.24) is 0 Å². The maximum absolute atomic E-state index is 8.51. The molecule has 2 aromatic rings. The van der Waals surface area contributed by atoms with E-state index in [2.05, 4.69) is 57.5 Å². The fourth-order valence-corrected chi connectivity index (χ4v) is 1.07. The number of halogens is 1. The van der Waals surface area contributed by atoms with Crippen molar-refractivity contribution in [1.29, 1.82) is 0 Å². The Labute approximate surface area is 101 Å². The average Bonchev–Trinajstić information content (AvgIpc) is 2.52. The molecule has 0 bridgehead atoms. The third-order valence-corrected chi connectivity index (χ3v) is 1.55. The van der Waals surface area contributed by atoms with E-state index >= 15 is 0 Å². The third kappa shape index (κ3) is 3.90. The van der Waals surface area contributed by atoms with Crippen molar-refractivity contribution in [2.45, 2.75) is 0 Å². The van der Waals surface area contributed by atoms with Gasteiger partial charge in [-0.1, -0.05) is 6.07 Å². The Morgan fingerprint density at radius 1 is 1.23 bits per heavy atom. The molecular formula is C10H9INiO. The van der Waals surface area contributed by atoms with Gasteiger partial charge in [-0.3, -0.25) is 0 Å². The van der Waals surface area contributed by atoms with E-state index in [0.717, 1.165) is 4.86 Å². The Balaban J connectivity index is 0.000000324. The molecule has 0 aromatic heterocycles. The molecule has 13 heavy (non-hydrogen) atoms. The number of benzene rings is 1. The summed E-state index contributed by atoms with van der Waals surface area (Å²) in [7, 11) is 0. The fourth-order valence-electron chi connectivity index (χ4n) is 1.07. The molecule has 2 aromatic carbocycles. The maximum Gasteiger partial charge on any atom is 0.235 e. The SMILES string of the molecule is O=[C]=[Ni].[IH2+].c1ccc2[cH-]ccc2c1. The number of hydrogen-bond donors (Lipinski definition) is 0. The maximum atomic E-state index is 8.51. The van der Waals surface area contributed by atoms with Gasteiger partial charge in [-0.25, -0.2) is 0 Å². The Bertz CT molecular complexity index is 358. The van der Waals surface area contributed by atoms with Crippen molar-refractivity contribution >= 4 is 15.6 Å². The molecule has 0 N–H and O–H groups in total. The summed E-state index contributed by atoms with van der Waals surface area (Å²) in [6, 6.07) is 14.7. The van der Waals surface area contributed by atoms with E-state index in [0.29, 0.717) is 0 Å². The standard InChI is InChI=1S/C9H7.CO.H2I.Ni/c1-2-5-9-7-3-6-8(9)4-1;1-2;;/h1-7H;;1H2;/q-1;;+1;. The van der Waals surface area contributed by atoms with Gasteiger partial charge in [0.2, 0.25) is 24.0 Å². The molecule has 1 nitrogen and oxygen atoms in total. The van der Waals surface area contributed by atoms with Gasteiger partial charge in [0.1, 0.15) is 0 Å². The van der Waals surface area contributed by atoms with Crippen molar-refractivity contribution in [3.63, 3.8) is 0 Å². The van der Waals surface area contributed by atoms with Crippen molar-refractivity contribution in [3.8, 4) is 0 Å². The topological polar surface area (TPSA) is 17.1 Å². The smallest absolute Gasteiger partial charge is 0.168 e. The first-order valence-electron chi connectivity index (χ1n) is 3.43. The molecule has 0 unspecified atom stereocenters. The van der Waals surface area contributed by atoms with Crippen LogP contribution in [-0.4, -0.2) is 4.86 Å². The van der Waals surface area contributed by atoms with Gasteiger partial charge >= 0.3 is 24.7 Å². The summed E-state index contributed by atoms with van der Waals surface area (Å²) in [4.78, 5) is 9.64. The predicted octanol–water partition coefficient (Wildman–Crippen LogP) is -1.37. The number of fused-ring (bicyclic) bond motifs is 1. The summed E-state index contributed by atoms with van der Waals surface area (Å²) in [6.45, 7) is 0. The molecule has 0 aliphatic carbocycles. The molecule has 0 saturated heterocycles. The van der Waals surface area contributed by atoms with Crippen molar-refractivity contribution < 1.29 is 43.8 Å². The van der Waals surface area contributed by atoms with Crippen LogP contribution in [0.3, 0.4) is 0 Å². The third-order valence-electron chi connectivity index (χ3n) is 1.55. The van der Waals surface area contributed by atoms with Crippen molar-refractivity contribution in [3.05, 3.63) is 42.5 Å². The Hall–Kier alpha value is -0.366. The molecule has 0 aliphatic heterocycles. The zero-order chi connectivity index (χ0) is 8.81. The summed E-state index contributed by atoms with van der Waals surface area (Å²) < 4.78 is 0. The van der Waals surface area contributed by atoms with Crippen LogP contribution in [0.1, 0.15) is 0 Å². The molecule has 72 valence electrons. The van der Waals surface area contributed by atoms with Crippen LogP contribution in [0, 0.1) is 0 Å².